The maximum Gasteiger partial charge on any atom is 0.277 e. The molecule has 3 rings (SSSR count). The Balaban J connectivity index is 2.04. The number of H-pyrrole nitrogens is 1. The van der Waals surface area contributed by atoms with Crippen molar-refractivity contribution in [3.05, 3.63) is 53.3 Å². The van der Waals surface area contributed by atoms with Crippen molar-refractivity contribution in [2.75, 3.05) is 0 Å². The molecule has 0 radical (unpaired) electrons. The van der Waals surface area contributed by atoms with Gasteiger partial charge in [0.05, 0.1) is 16.6 Å². The highest BCUT2D eigenvalue weighted by Gasteiger charge is 2.15. The van der Waals surface area contributed by atoms with E-state index in [4.69, 9.17) is 5.21 Å². The Hall–Kier alpha value is -2.73. The Bertz CT molecular complexity index is 869. The van der Waals surface area contributed by atoms with E-state index < -0.39 is 11.7 Å². The Morgan fingerprint density at radius 2 is 1.96 bits per heavy atom. The summed E-state index contributed by atoms with van der Waals surface area (Å²) in [6.45, 7) is 4.24. The number of fused-ring (bicyclic) bond motifs is 1. The smallest absolute Gasteiger partial charge is 0.277 e. The minimum atomic E-state index is -0.901. The van der Waals surface area contributed by atoms with Crippen molar-refractivity contribution in [1.29, 1.82) is 0 Å². The number of benzene rings is 2. The first kappa shape index (κ1) is 15.2. The second kappa shape index (κ2) is 5.81. The molecule has 0 aliphatic rings. The van der Waals surface area contributed by atoms with E-state index >= 15 is 0 Å². The topological polar surface area (TPSA) is 78.0 Å². The quantitative estimate of drug-likeness (QED) is 0.510. The van der Waals surface area contributed by atoms with E-state index in [1.165, 1.54) is 23.2 Å². The van der Waals surface area contributed by atoms with E-state index in [0.29, 0.717) is 22.8 Å². The van der Waals surface area contributed by atoms with Crippen LogP contribution in [0.25, 0.3) is 22.4 Å². The lowest BCUT2D eigenvalue weighted by Crippen LogP contribution is -2.19. The molecule has 0 bridgehead atoms. The van der Waals surface area contributed by atoms with Crippen molar-refractivity contribution >= 4 is 16.9 Å². The number of nitrogens with one attached hydrogen (secondary N) is 2. The van der Waals surface area contributed by atoms with Crippen LogP contribution in [-0.4, -0.2) is 21.1 Å². The third-order valence-corrected chi connectivity index (χ3v) is 3.77. The molecule has 0 fully saturated rings. The van der Waals surface area contributed by atoms with Gasteiger partial charge < -0.3 is 4.98 Å². The van der Waals surface area contributed by atoms with Gasteiger partial charge in [-0.1, -0.05) is 38.1 Å². The number of halogens is 1. The van der Waals surface area contributed by atoms with Gasteiger partial charge in [0.15, 0.2) is 0 Å². The van der Waals surface area contributed by atoms with Gasteiger partial charge in [0.2, 0.25) is 0 Å². The van der Waals surface area contributed by atoms with Crippen LogP contribution in [0.2, 0.25) is 0 Å². The van der Waals surface area contributed by atoms with E-state index in [-0.39, 0.29) is 5.56 Å². The zero-order valence-corrected chi connectivity index (χ0v) is 12.7. The van der Waals surface area contributed by atoms with Gasteiger partial charge in [-0.25, -0.2) is 14.9 Å². The molecule has 6 heteroatoms. The van der Waals surface area contributed by atoms with Gasteiger partial charge in [0, 0.05) is 11.6 Å². The lowest BCUT2D eigenvalue weighted by molar-refractivity contribution is 0.0702. The standard InChI is InChI=1S/C17H16FN3O2/c1-9(2)10-3-5-11(6-4-10)16-19-14-7-12(17(22)21-23)13(18)8-15(14)20-16/h3-9,23H,1-2H3,(H,19,20)(H,21,22). The van der Waals surface area contributed by atoms with Crippen LogP contribution in [0.5, 0.6) is 0 Å². The van der Waals surface area contributed by atoms with Crippen LogP contribution in [0.4, 0.5) is 4.39 Å². The van der Waals surface area contributed by atoms with Gasteiger partial charge in [-0.3, -0.25) is 10.0 Å². The molecular formula is C17H16FN3O2. The molecule has 3 aromatic rings. The molecule has 0 unspecified atom stereocenters. The van der Waals surface area contributed by atoms with E-state index in [0.717, 1.165) is 5.56 Å². The Morgan fingerprint density at radius 1 is 1.26 bits per heavy atom. The summed E-state index contributed by atoms with van der Waals surface area (Å²) in [5.74, 6) is -0.608. The Morgan fingerprint density at radius 3 is 2.57 bits per heavy atom. The van der Waals surface area contributed by atoms with Crippen LogP contribution >= 0.6 is 0 Å². The molecule has 0 saturated carbocycles. The maximum absolute atomic E-state index is 13.9. The summed E-state index contributed by atoms with van der Waals surface area (Å²) >= 11 is 0. The van der Waals surface area contributed by atoms with Crippen molar-refractivity contribution < 1.29 is 14.4 Å². The molecule has 1 amide bonds. The molecule has 0 saturated heterocycles. The number of hydrogen-bond acceptors (Lipinski definition) is 3. The number of amides is 1. The molecule has 1 aromatic heterocycles. The van der Waals surface area contributed by atoms with Crippen LogP contribution in [0.15, 0.2) is 36.4 Å². The number of aromatic amines is 1. The first-order valence-electron chi connectivity index (χ1n) is 7.23. The lowest BCUT2D eigenvalue weighted by Gasteiger charge is -2.05. The summed E-state index contributed by atoms with van der Waals surface area (Å²) in [5.41, 5.74) is 4.22. The molecule has 3 N–H and O–H groups in total. The van der Waals surface area contributed by atoms with Gasteiger partial charge in [-0.05, 0) is 17.5 Å². The van der Waals surface area contributed by atoms with Crippen molar-refractivity contribution in [3.63, 3.8) is 0 Å². The first-order valence-corrected chi connectivity index (χ1v) is 7.23. The van der Waals surface area contributed by atoms with Crippen molar-refractivity contribution in [3.8, 4) is 11.4 Å². The van der Waals surface area contributed by atoms with Crippen LogP contribution < -0.4 is 5.48 Å². The van der Waals surface area contributed by atoms with Crippen molar-refractivity contribution in [1.82, 2.24) is 15.4 Å². The average Bonchev–Trinajstić information content (AvgIpc) is 2.96. The SMILES string of the molecule is CC(C)c1ccc(-c2nc3cc(F)c(C(=O)NO)cc3[nH]2)cc1. The summed E-state index contributed by atoms with van der Waals surface area (Å²) in [6.07, 6.45) is 0. The highest BCUT2D eigenvalue weighted by atomic mass is 19.1. The average molecular weight is 313 g/mol. The lowest BCUT2D eigenvalue weighted by atomic mass is 10.0. The Kier molecular flexibility index (Phi) is 3.83. The minimum absolute atomic E-state index is 0.245. The largest absolute Gasteiger partial charge is 0.338 e. The number of hydroxylamine groups is 1. The summed E-state index contributed by atoms with van der Waals surface area (Å²) in [6, 6.07) is 10.4. The molecule has 23 heavy (non-hydrogen) atoms. The molecule has 0 atom stereocenters. The predicted molar refractivity (Wildman–Crippen MR) is 84.8 cm³/mol. The molecule has 1 heterocycles. The molecular weight excluding hydrogens is 297 g/mol. The number of nitrogens with zero attached hydrogens (tertiary/aromatic N) is 1. The molecule has 0 spiro atoms. The monoisotopic (exact) mass is 313 g/mol. The van der Waals surface area contributed by atoms with E-state index in [1.807, 2.05) is 24.3 Å². The van der Waals surface area contributed by atoms with Gasteiger partial charge in [0.25, 0.3) is 5.91 Å². The summed E-state index contributed by atoms with van der Waals surface area (Å²) in [7, 11) is 0. The van der Waals surface area contributed by atoms with Crippen molar-refractivity contribution in [2.45, 2.75) is 19.8 Å². The number of rotatable bonds is 3. The molecule has 5 nitrogen and oxygen atoms in total. The zero-order chi connectivity index (χ0) is 16.6. The van der Waals surface area contributed by atoms with E-state index in [9.17, 15) is 9.18 Å². The first-order chi connectivity index (χ1) is 11.0. The van der Waals surface area contributed by atoms with Gasteiger partial charge in [0.1, 0.15) is 11.6 Å². The van der Waals surface area contributed by atoms with Gasteiger partial charge in [-0.15, -0.1) is 0 Å². The van der Waals surface area contributed by atoms with Crippen LogP contribution in [0.3, 0.4) is 0 Å². The highest BCUT2D eigenvalue weighted by Crippen LogP contribution is 2.24. The number of carbonyl (C=O) groups excluding carboxylic acids is 1. The van der Waals surface area contributed by atoms with Gasteiger partial charge in [-0.2, -0.15) is 0 Å². The third kappa shape index (κ3) is 2.80. The normalized spacial score (nSPS) is 11.2. The highest BCUT2D eigenvalue weighted by molar-refractivity contribution is 5.97. The van der Waals surface area contributed by atoms with Crippen LogP contribution in [0.1, 0.15) is 35.7 Å². The molecule has 0 aliphatic carbocycles. The number of carbonyl (C=O) groups is 1. The maximum atomic E-state index is 13.9. The fraction of sp³-hybridized carbons (Fsp3) is 0.176. The number of imidazole rings is 1. The molecule has 2 aromatic carbocycles. The number of hydrogen-bond donors (Lipinski definition) is 3. The summed E-state index contributed by atoms with van der Waals surface area (Å²) in [5, 5.41) is 8.65. The number of aromatic nitrogens is 2. The fourth-order valence-corrected chi connectivity index (χ4v) is 2.43. The molecule has 118 valence electrons. The van der Waals surface area contributed by atoms with Crippen LogP contribution in [0, 0.1) is 5.82 Å². The van der Waals surface area contributed by atoms with E-state index in [1.54, 1.807) is 0 Å². The van der Waals surface area contributed by atoms with Crippen molar-refractivity contribution in [2.24, 2.45) is 0 Å². The Labute approximate surface area is 132 Å². The van der Waals surface area contributed by atoms with Crippen LogP contribution in [-0.2, 0) is 0 Å². The summed E-state index contributed by atoms with van der Waals surface area (Å²) < 4.78 is 13.9. The second-order valence-corrected chi connectivity index (χ2v) is 5.65. The zero-order valence-electron chi connectivity index (χ0n) is 12.7. The molecule has 0 aliphatic heterocycles. The predicted octanol–water partition coefficient (Wildman–Crippen LogP) is 3.61. The fourth-order valence-electron chi connectivity index (χ4n) is 2.43. The summed E-state index contributed by atoms with van der Waals surface area (Å²) in [4.78, 5) is 18.8. The van der Waals surface area contributed by atoms with Gasteiger partial charge >= 0.3 is 0 Å². The van der Waals surface area contributed by atoms with E-state index in [2.05, 4.69) is 23.8 Å². The minimum Gasteiger partial charge on any atom is -0.338 e. The second-order valence-electron chi connectivity index (χ2n) is 5.65. The third-order valence-electron chi connectivity index (χ3n) is 3.77.